The van der Waals surface area contributed by atoms with Crippen LogP contribution in [0.1, 0.15) is 10.4 Å². The van der Waals surface area contributed by atoms with Crippen molar-refractivity contribution in [2.75, 3.05) is 27.4 Å². The Hall–Kier alpha value is -1.87. The van der Waals surface area contributed by atoms with Crippen molar-refractivity contribution in [3.8, 4) is 11.5 Å². The Bertz CT molecular complexity index is 553. The van der Waals surface area contributed by atoms with Gasteiger partial charge in [-0.2, -0.15) is 0 Å². The first-order valence-corrected chi connectivity index (χ1v) is 7.25. The second-order valence-electron chi connectivity index (χ2n) is 5.32. The summed E-state index contributed by atoms with van der Waals surface area (Å²) in [6.45, 7) is -0.197. The molecule has 23 heavy (non-hydrogen) atoms. The third kappa shape index (κ3) is 3.73. The summed E-state index contributed by atoms with van der Waals surface area (Å²) >= 11 is 0. The molecule has 0 unspecified atom stereocenters. The third-order valence-corrected chi connectivity index (χ3v) is 3.94. The van der Waals surface area contributed by atoms with Crippen LogP contribution in [0, 0.1) is 0 Å². The molecule has 8 heteroatoms. The number of carbonyl (C=O) groups excluding carboxylic acids is 1. The van der Waals surface area contributed by atoms with Crippen LogP contribution in [0.15, 0.2) is 18.2 Å². The van der Waals surface area contributed by atoms with Gasteiger partial charge in [0.2, 0.25) is 0 Å². The smallest absolute Gasteiger partial charge is 0.255 e. The number of nitrogens with one attached hydrogen (secondary N) is 2. The molecule has 1 heterocycles. The van der Waals surface area contributed by atoms with Crippen molar-refractivity contribution in [2.45, 2.75) is 24.3 Å². The molecule has 0 bridgehead atoms. The maximum absolute atomic E-state index is 12.3. The van der Waals surface area contributed by atoms with Gasteiger partial charge in [0, 0.05) is 12.6 Å². The van der Waals surface area contributed by atoms with Gasteiger partial charge in [-0.25, -0.2) is 0 Å². The topological polar surface area (TPSA) is 120 Å². The summed E-state index contributed by atoms with van der Waals surface area (Å²) in [7, 11) is 2.97. The molecule has 2 rings (SSSR count). The standard InChI is InChI=1S/C15H22N2O6/c1-22-8-3-4-9(12(5-8)23-2)15(21)16-6-10-13(19)14(20)11(7-18)17-10/h3-5,10-11,13-14,17-20H,6-7H2,1-2H3,(H,16,21)/t10-,11+,13+,14-/m0/s1. The summed E-state index contributed by atoms with van der Waals surface area (Å²) in [5.41, 5.74) is 0.333. The minimum Gasteiger partial charge on any atom is -0.497 e. The van der Waals surface area contributed by atoms with Crippen LogP contribution < -0.4 is 20.1 Å². The molecule has 1 saturated heterocycles. The summed E-state index contributed by atoms with van der Waals surface area (Å²) < 4.78 is 10.3. The van der Waals surface area contributed by atoms with Crippen molar-refractivity contribution in [1.82, 2.24) is 10.6 Å². The molecule has 5 N–H and O–H groups in total. The Morgan fingerprint density at radius 1 is 1.22 bits per heavy atom. The van der Waals surface area contributed by atoms with Gasteiger partial charge >= 0.3 is 0 Å². The van der Waals surface area contributed by atoms with Crippen LogP contribution in [0.4, 0.5) is 0 Å². The summed E-state index contributed by atoms with van der Waals surface area (Å²) in [5.74, 6) is 0.565. The molecule has 0 aliphatic carbocycles. The Morgan fingerprint density at radius 2 is 1.91 bits per heavy atom. The number of benzene rings is 1. The van der Waals surface area contributed by atoms with Crippen molar-refractivity contribution in [2.24, 2.45) is 0 Å². The highest BCUT2D eigenvalue weighted by Crippen LogP contribution is 2.24. The minimum absolute atomic E-state index is 0.0999. The van der Waals surface area contributed by atoms with Crippen LogP contribution in [0.5, 0.6) is 11.5 Å². The lowest BCUT2D eigenvalue weighted by molar-refractivity contribution is 0.0197. The maximum atomic E-state index is 12.3. The van der Waals surface area contributed by atoms with E-state index in [4.69, 9.17) is 14.6 Å². The van der Waals surface area contributed by atoms with Crippen molar-refractivity contribution >= 4 is 5.91 Å². The fourth-order valence-corrected chi connectivity index (χ4v) is 2.57. The molecule has 0 saturated carbocycles. The van der Waals surface area contributed by atoms with Crippen LogP contribution in [0.25, 0.3) is 0 Å². The third-order valence-electron chi connectivity index (χ3n) is 3.94. The van der Waals surface area contributed by atoms with E-state index in [1.807, 2.05) is 0 Å². The number of methoxy groups -OCH3 is 2. The van der Waals surface area contributed by atoms with Crippen LogP contribution in [0.2, 0.25) is 0 Å². The predicted octanol–water partition coefficient (Wildman–Crippen LogP) is -1.51. The van der Waals surface area contributed by atoms with E-state index in [2.05, 4.69) is 10.6 Å². The Balaban J connectivity index is 2.00. The molecule has 1 aromatic carbocycles. The van der Waals surface area contributed by atoms with Gasteiger partial charge in [-0.15, -0.1) is 0 Å². The first-order valence-electron chi connectivity index (χ1n) is 7.25. The zero-order valence-electron chi connectivity index (χ0n) is 13.0. The second-order valence-corrected chi connectivity index (χ2v) is 5.32. The van der Waals surface area contributed by atoms with E-state index < -0.39 is 24.3 Å². The lowest BCUT2D eigenvalue weighted by Gasteiger charge is -2.17. The largest absolute Gasteiger partial charge is 0.497 e. The molecule has 8 nitrogen and oxygen atoms in total. The minimum atomic E-state index is -1.07. The lowest BCUT2D eigenvalue weighted by atomic mass is 10.1. The number of hydrogen-bond acceptors (Lipinski definition) is 7. The van der Waals surface area contributed by atoms with Crippen LogP contribution in [-0.4, -0.2) is 72.9 Å². The van der Waals surface area contributed by atoms with E-state index in [0.29, 0.717) is 17.1 Å². The summed E-state index contributed by atoms with van der Waals surface area (Å²) in [6.07, 6.45) is -2.14. The summed E-state index contributed by atoms with van der Waals surface area (Å²) in [6, 6.07) is 3.67. The van der Waals surface area contributed by atoms with Gasteiger partial charge in [-0.05, 0) is 12.1 Å². The van der Waals surface area contributed by atoms with E-state index in [1.165, 1.54) is 14.2 Å². The highest BCUT2D eigenvalue weighted by atomic mass is 16.5. The Morgan fingerprint density at radius 3 is 2.48 bits per heavy atom. The number of rotatable bonds is 6. The van der Waals surface area contributed by atoms with Crippen molar-refractivity contribution < 1.29 is 29.6 Å². The number of hydrogen-bond donors (Lipinski definition) is 5. The molecule has 0 spiro atoms. The quantitative estimate of drug-likeness (QED) is 0.431. The molecule has 0 aromatic heterocycles. The van der Waals surface area contributed by atoms with E-state index in [1.54, 1.807) is 18.2 Å². The molecule has 1 fully saturated rings. The summed E-state index contributed by atoms with van der Waals surface area (Å²) in [5, 5.41) is 34.3. The number of ether oxygens (including phenoxy) is 2. The number of aliphatic hydroxyl groups is 3. The normalized spacial score (nSPS) is 26.8. The highest BCUT2D eigenvalue weighted by Gasteiger charge is 2.40. The van der Waals surface area contributed by atoms with E-state index in [9.17, 15) is 15.0 Å². The molecule has 4 atom stereocenters. The van der Waals surface area contributed by atoms with Gasteiger partial charge in [0.25, 0.3) is 5.91 Å². The van der Waals surface area contributed by atoms with E-state index in [0.717, 1.165) is 0 Å². The first-order chi connectivity index (χ1) is 11.0. The molecule has 1 aliphatic rings. The van der Waals surface area contributed by atoms with Gasteiger partial charge in [-0.3, -0.25) is 4.79 Å². The molecule has 1 amide bonds. The lowest BCUT2D eigenvalue weighted by Crippen LogP contribution is -2.44. The average Bonchev–Trinajstić information content (AvgIpc) is 2.86. The predicted molar refractivity (Wildman–Crippen MR) is 81.7 cm³/mol. The van der Waals surface area contributed by atoms with Crippen LogP contribution in [-0.2, 0) is 0 Å². The molecule has 1 aromatic rings. The number of carbonyl (C=O) groups is 1. The SMILES string of the molecule is COc1ccc(C(=O)NC[C@@H]2N[C@H](CO)[C@H](O)[C@@H]2O)c(OC)c1. The average molecular weight is 326 g/mol. The van der Waals surface area contributed by atoms with Crippen LogP contribution in [0.3, 0.4) is 0 Å². The van der Waals surface area contributed by atoms with Gasteiger partial charge in [0.1, 0.15) is 11.5 Å². The summed E-state index contributed by atoms with van der Waals surface area (Å²) in [4.78, 5) is 12.3. The Labute approximate surface area is 134 Å². The van der Waals surface area contributed by atoms with Gasteiger partial charge in [0.05, 0.1) is 50.7 Å². The second kappa shape index (κ2) is 7.60. The van der Waals surface area contributed by atoms with Gasteiger partial charge in [-0.1, -0.05) is 0 Å². The van der Waals surface area contributed by atoms with Gasteiger partial charge in [0.15, 0.2) is 0 Å². The fourth-order valence-electron chi connectivity index (χ4n) is 2.57. The highest BCUT2D eigenvalue weighted by molar-refractivity contribution is 5.97. The number of aliphatic hydroxyl groups excluding tert-OH is 3. The fraction of sp³-hybridized carbons (Fsp3) is 0.533. The zero-order valence-corrected chi connectivity index (χ0v) is 13.0. The Kier molecular flexibility index (Phi) is 5.78. The molecular formula is C15H22N2O6. The number of amides is 1. The van der Waals surface area contributed by atoms with Crippen molar-refractivity contribution in [3.05, 3.63) is 23.8 Å². The molecule has 128 valence electrons. The van der Waals surface area contributed by atoms with Gasteiger partial charge < -0.3 is 35.4 Å². The molecule has 1 aliphatic heterocycles. The maximum Gasteiger partial charge on any atom is 0.255 e. The van der Waals surface area contributed by atoms with E-state index >= 15 is 0 Å². The molecule has 0 radical (unpaired) electrons. The van der Waals surface area contributed by atoms with Crippen LogP contribution >= 0.6 is 0 Å². The monoisotopic (exact) mass is 326 g/mol. The molecular weight excluding hydrogens is 304 g/mol. The van der Waals surface area contributed by atoms with E-state index in [-0.39, 0.29) is 19.1 Å². The first kappa shape index (κ1) is 17.5. The zero-order chi connectivity index (χ0) is 17.0. The van der Waals surface area contributed by atoms with Crippen molar-refractivity contribution in [1.29, 1.82) is 0 Å². The van der Waals surface area contributed by atoms with Crippen molar-refractivity contribution in [3.63, 3.8) is 0 Å².